The van der Waals surface area contributed by atoms with Crippen LogP contribution in [0.3, 0.4) is 0 Å². The Labute approximate surface area is 86.4 Å². The third kappa shape index (κ3) is 7.24. The van der Waals surface area contributed by atoms with E-state index in [0.29, 0.717) is 0 Å². The molecule has 1 unspecified atom stereocenters. The van der Waals surface area contributed by atoms with Crippen molar-refractivity contribution < 1.29 is 18.0 Å². The van der Waals surface area contributed by atoms with Gasteiger partial charge in [-0.1, -0.05) is 18.7 Å². The van der Waals surface area contributed by atoms with Crippen molar-refractivity contribution in [2.75, 3.05) is 5.75 Å². The van der Waals surface area contributed by atoms with Crippen LogP contribution in [0.5, 0.6) is 0 Å². The van der Waals surface area contributed by atoms with Gasteiger partial charge in [0.1, 0.15) is 6.17 Å². The lowest BCUT2D eigenvalue weighted by atomic mass is 10.1. The maximum Gasteiger partial charge on any atom is 0.250 e. The van der Waals surface area contributed by atoms with Crippen LogP contribution < -0.4 is 0 Å². The Morgan fingerprint density at radius 2 is 2.07 bits per heavy atom. The average molecular weight is 228 g/mol. The van der Waals surface area contributed by atoms with E-state index < -0.39 is 18.5 Å². The number of hydrogen-bond acceptors (Lipinski definition) is 2. The highest BCUT2D eigenvalue weighted by molar-refractivity contribution is 8.13. The van der Waals surface area contributed by atoms with Crippen LogP contribution >= 0.6 is 11.8 Å². The molecule has 0 rings (SSSR count). The molecule has 0 aromatic rings. The molecule has 0 saturated heterocycles. The molecule has 0 aliphatic rings. The van der Waals surface area contributed by atoms with E-state index in [2.05, 4.69) is 0 Å². The van der Waals surface area contributed by atoms with Gasteiger partial charge in [0, 0.05) is 25.5 Å². The quantitative estimate of drug-likeness (QED) is 0.692. The van der Waals surface area contributed by atoms with Crippen molar-refractivity contribution in [3.63, 3.8) is 0 Å². The van der Waals surface area contributed by atoms with Crippen LogP contribution in [0.25, 0.3) is 0 Å². The molecule has 0 heterocycles. The minimum Gasteiger partial charge on any atom is -0.288 e. The van der Waals surface area contributed by atoms with Gasteiger partial charge in [0.05, 0.1) is 0 Å². The van der Waals surface area contributed by atoms with Gasteiger partial charge in [-0.3, -0.25) is 4.79 Å². The molecule has 1 atom stereocenters. The first-order chi connectivity index (χ1) is 6.37. The van der Waals surface area contributed by atoms with Gasteiger partial charge in [-0.25, -0.2) is 13.2 Å². The zero-order chi connectivity index (χ0) is 11.2. The van der Waals surface area contributed by atoms with E-state index >= 15 is 0 Å². The van der Waals surface area contributed by atoms with Gasteiger partial charge >= 0.3 is 0 Å². The first-order valence-corrected chi connectivity index (χ1v) is 5.51. The molecule has 0 aromatic heterocycles. The summed E-state index contributed by atoms with van der Waals surface area (Å²) in [5, 5.41) is -0.112. The van der Waals surface area contributed by atoms with Crippen molar-refractivity contribution in [1.29, 1.82) is 0 Å². The van der Waals surface area contributed by atoms with Crippen LogP contribution in [0.4, 0.5) is 13.2 Å². The maximum absolute atomic E-state index is 12.9. The van der Waals surface area contributed by atoms with Gasteiger partial charge in [0.2, 0.25) is 0 Å². The van der Waals surface area contributed by atoms with Gasteiger partial charge in [-0.2, -0.15) is 0 Å². The molecule has 1 nitrogen and oxygen atoms in total. The molecule has 0 spiro atoms. The Hall–Kier alpha value is -0.190. The Balaban J connectivity index is 3.65. The second-order valence-electron chi connectivity index (χ2n) is 3.14. The fourth-order valence-corrected chi connectivity index (χ4v) is 1.56. The van der Waals surface area contributed by atoms with Crippen LogP contribution in [0.15, 0.2) is 0 Å². The van der Waals surface area contributed by atoms with E-state index in [1.54, 1.807) is 0 Å². The Morgan fingerprint density at radius 3 is 2.50 bits per heavy atom. The number of thioether (sulfide) groups is 1. The molecule has 0 fully saturated rings. The van der Waals surface area contributed by atoms with Crippen molar-refractivity contribution in [1.82, 2.24) is 0 Å². The molecular weight excluding hydrogens is 213 g/mol. The molecule has 0 bridgehead atoms. The molecule has 0 aromatic carbocycles. The third-order valence-electron chi connectivity index (χ3n) is 1.77. The lowest BCUT2D eigenvalue weighted by molar-refractivity contribution is -0.109. The summed E-state index contributed by atoms with van der Waals surface area (Å²) in [6.07, 6.45) is -2.58. The van der Waals surface area contributed by atoms with Gasteiger partial charge in [0.15, 0.2) is 5.12 Å². The van der Waals surface area contributed by atoms with Gasteiger partial charge in [-0.05, 0) is 6.42 Å². The molecule has 0 aliphatic heterocycles. The minimum atomic E-state index is -2.92. The molecule has 0 N–H and O–H groups in total. The number of carbonyl (C=O) groups excluding carboxylic acids is 1. The number of halogens is 3. The smallest absolute Gasteiger partial charge is 0.250 e. The summed E-state index contributed by atoms with van der Waals surface area (Å²) in [7, 11) is 0. The normalized spacial score (nSPS) is 14.1. The summed E-state index contributed by atoms with van der Waals surface area (Å²) in [6, 6.07) is 0. The first kappa shape index (κ1) is 13.8. The number of rotatable bonds is 6. The topological polar surface area (TPSA) is 17.1 Å². The van der Waals surface area contributed by atoms with E-state index in [4.69, 9.17) is 0 Å². The van der Waals surface area contributed by atoms with Crippen molar-refractivity contribution in [2.45, 2.75) is 45.2 Å². The van der Waals surface area contributed by atoms with Crippen LogP contribution in [0, 0.1) is 0 Å². The summed E-state index contributed by atoms with van der Waals surface area (Å²) < 4.78 is 38.3. The molecular formula is C9H15F3OS. The van der Waals surface area contributed by atoms with Gasteiger partial charge < -0.3 is 0 Å². The summed E-state index contributed by atoms with van der Waals surface area (Å²) in [4.78, 5) is 10.5. The Bertz CT molecular complexity index is 185. The monoisotopic (exact) mass is 228 g/mol. The van der Waals surface area contributed by atoms with Crippen LogP contribution in [0.2, 0.25) is 0 Å². The van der Waals surface area contributed by atoms with Gasteiger partial charge in [0.25, 0.3) is 5.92 Å². The molecule has 84 valence electrons. The predicted molar refractivity (Wildman–Crippen MR) is 52.5 cm³/mol. The van der Waals surface area contributed by atoms with E-state index in [-0.39, 0.29) is 23.7 Å². The maximum atomic E-state index is 12.9. The number of alkyl halides is 3. The second-order valence-corrected chi connectivity index (χ2v) is 4.41. The SMILES string of the molecule is CCC(F)(F)CC(F)CCSC(C)=O. The zero-order valence-corrected chi connectivity index (χ0v) is 9.17. The van der Waals surface area contributed by atoms with E-state index in [1.807, 2.05) is 0 Å². The molecule has 0 amide bonds. The minimum absolute atomic E-state index is 0.0137. The molecule has 14 heavy (non-hydrogen) atoms. The molecule has 0 radical (unpaired) electrons. The van der Waals surface area contributed by atoms with E-state index in [9.17, 15) is 18.0 Å². The Morgan fingerprint density at radius 1 is 1.50 bits per heavy atom. The van der Waals surface area contributed by atoms with Crippen LogP contribution in [0.1, 0.15) is 33.1 Å². The van der Waals surface area contributed by atoms with Crippen molar-refractivity contribution in [2.24, 2.45) is 0 Å². The third-order valence-corrected chi connectivity index (χ3v) is 2.62. The van der Waals surface area contributed by atoms with Crippen molar-refractivity contribution in [3.05, 3.63) is 0 Å². The summed E-state index contributed by atoms with van der Waals surface area (Å²) in [6.45, 7) is 2.70. The number of hydrogen-bond donors (Lipinski definition) is 0. The van der Waals surface area contributed by atoms with E-state index in [0.717, 1.165) is 11.8 Å². The second kappa shape index (κ2) is 6.32. The largest absolute Gasteiger partial charge is 0.288 e. The summed E-state index contributed by atoms with van der Waals surface area (Å²) in [5.41, 5.74) is 0. The van der Waals surface area contributed by atoms with E-state index in [1.165, 1.54) is 13.8 Å². The lowest BCUT2D eigenvalue weighted by Crippen LogP contribution is -2.21. The average Bonchev–Trinajstić information content (AvgIpc) is 2.02. The standard InChI is InChI=1S/C9H15F3OS/c1-3-9(11,12)6-8(10)4-5-14-7(2)13/h8H,3-6H2,1-2H3. The van der Waals surface area contributed by atoms with Crippen molar-refractivity contribution in [3.8, 4) is 0 Å². The summed E-state index contributed by atoms with van der Waals surface area (Å²) >= 11 is 0.969. The number of carbonyl (C=O) groups is 1. The fraction of sp³-hybridized carbons (Fsp3) is 0.889. The van der Waals surface area contributed by atoms with Crippen LogP contribution in [-0.4, -0.2) is 23.0 Å². The first-order valence-electron chi connectivity index (χ1n) is 4.52. The molecule has 0 saturated carbocycles. The Kier molecular flexibility index (Phi) is 6.24. The fourth-order valence-electron chi connectivity index (χ4n) is 0.901. The highest BCUT2D eigenvalue weighted by Crippen LogP contribution is 2.27. The van der Waals surface area contributed by atoms with Crippen LogP contribution in [-0.2, 0) is 4.79 Å². The predicted octanol–water partition coefficient (Wildman–Crippen LogP) is 3.43. The highest BCUT2D eigenvalue weighted by Gasteiger charge is 2.30. The zero-order valence-electron chi connectivity index (χ0n) is 8.36. The molecule has 5 heteroatoms. The van der Waals surface area contributed by atoms with Crippen molar-refractivity contribution >= 4 is 16.9 Å². The van der Waals surface area contributed by atoms with Gasteiger partial charge in [-0.15, -0.1) is 0 Å². The summed E-state index contributed by atoms with van der Waals surface area (Å²) in [5.74, 6) is -2.64. The molecule has 0 aliphatic carbocycles. The lowest BCUT2D eigenvalue weighted by Gasteiger charge is -2.16. The highest BCUT2D eigenvalue weighted by atomic mass is 32.2.